The summed E-state index contributed by atoms with van der Waals surface area (Å²) in [6.07, 6.45) is 8.13. The van der Waals surface area contributed by atoms with E-state index < -0.39 is 0 Å². The predicted molar refractivity (Wildman–Crippen MR) is 80.7 cm³/mol. The average Bonchev–Trinajstić information content (AvgIpc) is 2.48. The molecule has 0 bridgehead atoms. The van der Waals surface area contributed by atoms with Crippen LogP contribution in [-0.2, 0) is 6.42 Å². The predicted octanol–water partition coefficient (Wildman–Crippen LogP) is 3.80. The van der Waals surface area contributed by atoms with Crippen molar-refractivity contribution in [1.82, 2.24) is 5.32 Å². The first-order valence-corrected chi connectivity index (χ1v) is 7.66. The summed E-state index contributed by atoms with van der Waals surface area (Å²) in [6, 6.07) is 8.96. The van der Waals surface area contributed by atoms with Crippen LogP contribution in [0.25, 0.3) is 0 Å². The number of nitrogens with one attached hydrogen (secondary N) is 1. The number of hydrogen-bond donors (Lipinski definition) is 1. The van der Waals surface area contributed by atoms with Crippen molar-refractivity contribution in [3.63, 3.8) is 0 Å². The number of hydrogen-bond acceptors (Lipinski definition) is 2. The van der Waals surface area contributed by atoms with E-state index in [9.17, 15) is 0 Å². The molecule has 2 heteroatoms. The first kappa shape index (κ1) is 14.4. The van der Waals surface area contributed by atoms with Crippen LogP contribution in [0.3, 0.4) is 0 Å². The van der Waals surface area contributed by atoms with Gasteiger partial charge in [-0.2, -0.15) is 0 Å². The molecule has 1 aliphatic rings. The van der Waals surface area contributed by atoms with Gasteiger partial charge in [0.1, 0.15) is 5.75 Å². The lowest BCUT2D eigenvalue weighted by Gasteiger charge is -2.28. The molecule has 0 spiro atoms. The molecule has 0 radical (unpaired) electrons. The van der Waals surface area contributed by atoms with E-state index in [1.165, 1.54) is 37.7 Å². The second kappa shape index (κ2) is 7.54. The van der Waals surface area contributed by atoms with Crippen molar-refractivity contribution in [3.05, 3.63) is 29.8 Å². The average molecular weight is 261 g/mol. The van der Waals surface area contributed by atoms with Gasteiger partial charge in [0.15, 0.2) is 0 Å². The van der Waals surface area contributed by atoms with Gasteiger partial charge in [-0.1, -0.05) is 37.5 Å². The molecule has 0 amide bonds. The van der Waals surface area contributed by atoms with Crippen LogP contribution >= 0.6 is 0 Å². The zero-order valence-corrected chi connectivity index (χ0v) is 12.3. The number of para-hydroxylation sites is 1. The third-order valence-corrected chi connectivity index (χ3v) is 4.41. The molecule has 1 aromatic carbocycles. The van der Waals surface area contributed by atoms with Gasteiger partial charge in [0, 0.05) is 6.04 Å². The smallest absolute Gasteiger partial charge is 0.122 e. The Morgan fingerprint density at radius 2 is 1.95 bits per heavy atom. The monoisotopic (exact) mass is 261 g/mol. The molecule has 106 valence electrons. The van der Waals surface area contributed by atoms with E-state index in [2.05, 4.69) is 24.4 Å². The van der Waals surface area contributed by atoms with Gasteiger partial charge < -0.3 is 10.1 Å². The minimum Gasteiger partial charge on any atom is -0.496 e. The Hall–Kier alpha value is -1.02. The van der Waals surface area contributed by atoms with Crippen molar-refractivity contribution in [1.29, 1.82) is 0 Å². The summed E-state index contributed by atoms with van der Waals surface area (Å²) in [5, 5.41) is 3.70. The molecule has 1 atom stereocenters. The number of benzene rings is 1. The van der Waals surface area contributed by atoms with Crippen LogP contribution in [0.5, 0.6) is 5.75 Å². The Bertz CT molecular complexity index is 371. The molecule has 1 saturated carbocycles. The van der Waals surface area contributed by atoms with Crippen LogP contribution < -0.4 is 10.1 Å². The first-order valence-electron chi connectivity index (χ1n) is 7.66. The molecule has 0 saturated heterocycles. The summed E-state index contributed by atoms with van der Waals surface area (Å²) in [4.78, 5) is 0. The largest absolute Gasteiger partial charge is 0.496 e. The van der Waals surface area contributed by atoms with Crippen LogP contribution in [0.15, 0.2) is 24.3 Å². The normalized spacial score (nSPS) is 18.2. The molecule has 19 heavy (non-hydrogen) atoms. The quantitative estimate of drug-likeness (QED) is 0.841. The Labute approximate surface area is 117 Å². The van der Waals surface area contributed by atoms with Crippen molar-refractivity contribution in [2.45, 2.75) is 51.5 Å². The summed E-state index contributed by atoms with van der Waals surface area (Å²) in [5.41, 5.74) is 1.30. The van der Waals surface area contributed by atoms with Crippen LogP contribution in [0.2, 0.25) is 0 Å². The van der Waals surface area contributed by atoms with Gasteiger partial charge in [-0.05, 0) is 50.3 Å². The van der Waals surface area contributed by atoms with Crippen LogP contribution in [0.4, 0.5) is 0 Å². The van der Waals surface area contributed by atoms with Crippen molar-refractivity contribution in [2.75, 3.05) is 13.7 Å². The fraction of sp³-hybridized carbons (Fsp3) is 0.647. The Morgan fingerprint density at radius 3 is 2.68 bits per heavy atom. The second-order valence-electron chi connectivity index (χ2n) is 5.70. The van der Waals surface area contributed by atoms with Gasteiger partial charge in [0.05, 0.1) is 7.11 Å². The summed E-state index contributed by atoms with van der Waals surface area (Å²) in [6.45, 7) is 3.39. The number of rotatable bonds is 6. The fourth-order valence-corrected chi connectivity index (χ4v) is 3.14. The third kappa shape index (κ3) is 4.24. The highest BCUT2D eigenvalue weighted by molar-refractivity contribution is 5.33. The molecular weight excluding hydrogens is 234 g/mol. The lowest BCUT2D eigenvalue weighted by molar-refractivity contribution is 0.282. The van der Waals surface area contributed by atoms with E-state index in [-0.39, 0.29) is 0 Å². The molecule has 2 rings (SSSR count). The summed E-state index contributed by atoms with van der Waals surface area (Å²) in [5.74, 6) is 1.89. The number of methoxy groups -OCH3 is 1. The van der Waals surface area contributed by atoms with Gasteiger partial charge >= 0.3 is 0 Å². The maximum absolute atomic E-state index is 5.39. The Balaban J connectivity index is 1.76. The lowest BCUT2D eigenvalue weighted by Crippen LogP contribution is -2.35. The molecule has 1 aromatic rings. The number of ether oxygens (including phenoxy) is 1. The molecule has 0 aromatic heterocycles. The van der Waals surface area contributed by atoms with Gasteiger partial charge in [-0.15, -0.1) is 0 Å². The second-order valence-corrected chi connectivity index (χ2v) is 5.70. The SMILES string of the molecule is COc1ccccc1CCNC(C)C1CCCCC1. The lowest BCUT2D eigenvalue weighted by atomic mass is 9.84. The van der Waals surface area contributed by atoms with E-state index in [1.807, 2.05) is 12.1 Å². The maximum Gasteiger partial charge on any atom is 0.122 e. The highest BCUT2D eigenvalue weighted by Crippen LogP contribution is 2.26. The standard InChI is InChI=1S/C17H27NO/c1-14(15-8-4-3-5-9-15)18-13-12-16-10-6-7-11-17(16)19-2/h6-7,10-11,14-15,18H,3-5,8-9,12-13H2,1-2H3. The summed E-state index contributed by atoms with van der Waals surface area (Å²) >= 11 is 0. The molecule has 1 unspecified atom stereocenters. The molecule has 1 aliphatic carbocycles. The van der Waals surface area contributed by atoms with E-state index in [0.717, 1.165) is 24.6 Å². The topological polar surface area (TPSA) is 21.3 Å². The maximum atomic E-state index is 5.39. The van der Waals surface area contributed by atoms with E-state index in [1.54, 1.807) is 7.11 Å². The minimum atomic E-state index is 0.648. The third-order valence-electron chi connectivity index (χ3n) is 4.41. The Kier molecular flexibility index (Phi) is 5.71. The summed E-state index contributed by atoms with van der Waals surface area (Å²) in [7, 11) is 1.75. The van der Waals surface area contributed by atoms with E-state index in [0.29, 0.717) is 6.04 Å². The van der Waals surface area contributed by atoms with Gasteiger partial charge in [-0.3, -0.25) is 0 Å². The van der Waals surface area contributed by atoms with Crippen molar-refractivity contribution >= 4 is 0 Å². The molecule has 2 nitrogen and oxygen atoms in total. The molecule has 0 heterocycles. The van der Waals surface area contributed by atoms with Crippen molar-refractivity contribution in [3.8, 4) is 5.75 Å². The molecule has 1 N–H and O–H groups in total. The van der Waals surface area contributed by atoms with Gasteiger partial charge in [-0.25, -0.2) is 0 Å². The minimum absolute atomic E-state index is 0.648. The van der Waals surface area contributed by atoms with Gasteiger partial charge in [0.2, 0.25) is 0 Å². The Morgan fingerprint density at radius 1 is 1.21 bits per heavy atom. The first-order chi connectivity index (χ1) is 9.31. The highest BCUT2D eigenvalue weighted by Gasteiger charge is 2.19. The highest BCUT2D eigenvalue weighted by atomic mass is 16.5. The fourth-order valence-electron chi connectivity index (χ4n) is 3.14. The van der Waals surface area contributed by atoms with Crippen molar-refractivity contribution in [2.24, 2.45) is 5.92 Å². The van der Waals surface area contributed by atoms with Crippen LogP contribution in [0, 0.1) is 5.92 Å². The molecular formula is C17H27NO. The molecule has 0 aliphatic heterocycles. The zero-order chi connectivity index (χ0) is 13.5. The van der Waals surface area contributed by atoms with Crippen LogP contribution in [0.1, 0.15) is 44.6 Å². The van der Waals surface area contributed by atoms with E-state index in [4.69, 9.17) is 4.74 Å². The van der Waals surface area contributed by atoms with E-state index >= 15 is 0 Å². The van der Waals surface area contributed by atoms with Crippen molar-refractivity contribution < 1.29 is 4.74 Å². The van der Waals surface area contributed by atoms with Crippen LogP contribution in [-0.4, -0.2) is 19.7 Å². The zero-order valence-electron chi connectivity index (χ0n) is 12.3. The summed E-state index contributed by atoms with van der Waals surface area (Å²) < 4.78 is 5.39. The molecule has 1 fully saturated rings. The van der Waals surface area contributed by atoms with Gasteiger partial charge in [0.25, 0.3) is 0 Å².